The highest BCUT2D eigenvalue weighted by Crippen LogP contribution is 2.39. The molecule has 0 saturated carbocycles. The lowest BCUT2D eigenvalue weighted by Crippen LogP contribution is -2.47. The molecule has 2 rings (SSSR count). The van der Waals surface area contributed by atoms with Crippen LogP contribution in [-0.2, 0) is 9.53 Å². The zero-order valence-corrected chi connectivity index (χ0v) is 7.68. The van der Waals surface area contributed by atoms with Gasteiger partial charge in [0.1, 0.15) is 0 Å². The van der Waals surface area contributed by atoms with Gasteiger partial charge in [0.15, 0.2) is 5.79 Å². The number of hydrogen-bond acceptors (Lipinski definition) is 3. The number of halogens is 1. The molecule has 2 aliphatic rings. The van der Waals surface area contributed by atoms with Crippen LogP contribution in [0.2, 0.25) is 0 Å². The fraction of sp³-hybridized carbons (Fsp3) is 0.889. The third-order valence-electron chi connectivity index (χ3n) is 3.03. The Morgan fingerprint density at radius 3 is 3.08 bits per heavy atom. The summed E-state index contributed by atoms with van der Waals surface area (Å²) in [6, 6.07) is 0.169. The van der Waals surface area contributed by atoms with Crippen molar-refractivity contribution < 1.29 is 13.9 Å². The molecule has 0 radical (unpaired) electrons. The number of piperidine rings is 1. The highest BCUT2D eigenvalue weighted by atomic mass is 19.1. The van der Waals surface area contributed by atoms with Crippen molar-refractivity contribution in [1.82, 2.24) is 5.32 Å². The highest BCUT2D eigenvalue weighted by molar-refractivity contribution is 5.72. The summed E-state index contributed by atoms with van der Waals surface area (Å²) in [7, 11) is 1.36. The molecule has 2 saturated heterocycles. The molecule has 2 heterocycles. The van der Waals surface area contributed by atoms with Gasteiger partial charge < -0.3 is 4.74 Å². The summed E-state index contributed by atoms with van der Waals surface area (Å²) in [4.78, 5) is 11.2. The zero-order chi connectivity index (χ0) is 9.47. The van der Waals surface area contributed by atoms with Crippen LogP contribution in [0.3, 0.4) is 0 Å². The Kier molecular flexibility index (Phi) is 2.02. The molecular weight excluding hydrogens is 173 g/mol. The summed E-state index contributed by atoms with van der Waals surface area (Å²) in [5.74, 6) is -1.82. The zero-order valence-electron chi connectivity index (χ0n) is 7.68. The fourth-order valence-corrected chi connectivity index (χ4v) is 2.41. The predicted molar refractivity (Wildman–Crippen MR) is 44.7 cm³/mol. The summed E-state index contributed by atoms with van der Waals surface area (Å²) in [5.41, 5.74) is 0. The van der Waals surface area contributed by atoms with E-state index in [4.69, 9.17) is 0 Å². The molecule has 0 aromatic rings. The van der Waals surface area contributed by atoms with Crippen molar-refractivity contribution in [2.24, 2.45) is 5.92 Å². The van der Waals surface area contributed by atoms with Gasteiger partial charge in [0.25, 0.3) is 0 Å². The van der Waals surface area contributed by atoms with Crippen LogP contribution in [0.1, 0.15) is 25.7 Å². The van der Waals surface area contributed by atoms with Crippen molar-refractivity contribution in [3.05, 3.63) is 0 Å². The maximum atomic E-state index is 13.8. The number of alkyl halides is 1. The molecule has 13 heavy (non-hydrogen) atoms. The second kappa shape index (κ2) is 2.94. The van der Waals surface area contributed by atoms with E-state index in [0.717, 1.165) is 12.8 Å². The first kappa shape index (κ1) is 8.94. The molecule has 1 N–H and O–H groups in total. The van der Waals surface area contributed by atoms with Crippen LogP contribution in [0.25, 0.3) is 0 Å². The fourth-order valence-electron chi connectivity index (χ4n) is 2.41. The Morgan fingerprint density at radius 1 is 1.69 bits per heavy atom. The number of rotatable bonds is 1. The lowest BCUT2D eigenvalue weighted by atomic mass is 9.91. The van der Waals surface area contributed by atoms with E-state index < -0.39 is 5.79 Å². The second-order valence-electron chi connectivity index (χ2n) is 4.01. The Bertz CT molecular complexity index is 234. The maximum absolute atomic E-state index is 13.8. The second-order valence-corrected chi connectivity index (χ2v) is 4.01. The molecule has 2 fully saturated rings. The average Bonchev–Trinajstić information content (AvgIpc) is 2.38. The number of carbonyl (C=O) groups excluding carboxylic acids is 1. The van der Waals surface area contributed by atoms with Crippen LogP contribution in [0, 0.1) is 5.92 Å². The van der Waals surface area contributed by atoms with Gasteiger partial charge in [0, 0.05) is 12.5 Å². The molecule has 4 heteroatoms. The van der Waals surface area contributed by atoms with Crippen LogP contribution in [0.15, 0.2) is 0 Å². The molecule has 2 bridgehead atoms. The minimum Gasteiger partial charge on any atom is -0.469 e. The van der Waals surface area contributed by atoms with E-state index >= 15 is 0 Å². The van der Waals surface area contributed by atoms with E-state index in [1.54, 1.807) is 0 Å². The van der Waals surface area contributed by atoms with Gasteiger partial charge in [-0.25, -0.2) is 4.39 Å². The molecule has 2 unspecified atom stereocenters. The molecule has 2 aliphatic heterocycles. The number of nitrogens with one attached hydrogen (secondary N) is 1. The third kappa shape index (κ3) is 1.55. The van der Waals surface area contributed by atoms with E-state index in [0.29, 0.717) is 6.42 Å². The highest BCUT2D eigenvalue weighted by Gasteiger charge is 2.47. The summed E-state index contributed by atoms with van der Waals surface area (Å²) in [5, 5.41) is 2.90. The number of esters is 1. The van der Waals surface area contributed by atoms with Crippen LogP contribution in [0.4, 0.5) is 4.39 Å². The lowest BCUT2D eigenvalue weighted by Gasteiger charge is -2.31. The Labute approximate surface area is 76.6 Å². The third-order valence-corrected chi connectivity index (χ3v) is 3.03. The van der Waals surface area contributed by atoms with Gasteiger partial charge in [-0.15, -0.1) is 0 Å². The number of hydrogen-bond donors (Lipinski definition) is 1. The molecule has 3 nitrogen and oxygen atoms in total. The van der Waals surface area contributed by atoms with E-state index in [1.165, 1.54) is 7.11 Å². The topological polar surface area (TPSA) is 38.3 Å². The molecule has 0 amide bonds. The van der Waals surface area contributed by atoms with Crippen molar-refractivity contribution in [2.45, 2.75) is 37.5 Å². The van der Waals surface area contributed by atoms with Crippen molar-refractivity contribution in [2.75, 3.05) is 7.11 Å². The standard InChI is InChI=1S/C9H14FNO2/c1-13-8(12)6-4-7-2-3-9(10,5-6)11-7/h6-7,11H,2-5H2,1H3/t6?,7?,9-/m0/s1. The largest absolute Gasteiger partial charge is 0.469 e. The molecule has 3 atom stereocenters. The minimum atomic E-state index is -1.30. The molecule has 74 valence electrons. The summed E-state index contributed by atoms with van der Waals surface area (Å²) >= 11 is 0. The van der Waals surface area contributed by atoms with Gasteiger partial charge in [0.2, 0.25) is 0 Å². The minimum absolute atomic E-state index is 0.169. The number of fused-ring (bicyclic) bond motifs is 2. The van der Waals surface area contributed by atoms with Crippen LogP contribution in [0.5, 0.6) is 0 Å². The van der Waals surface area contributed by atoms with E-state index in [2.05, 4.69) is 10.1 Å². The van der Waals surface area contributed by atoms with Crippen LogP contribution < -0.4 is 5.32 Å². The molecule has 0 aliphatic carbocycles. The van der Waals surface area contributed by atoms with Gasteiger partial charge in [-0.3, -0.25) is 10.1 Å². The summed E-state index contributed by atoms with van der Waals surface area (Å²) in [6.07, 6.45) is 2.36. The first-order chi connectivity index (χ1) is 6.13. The normalized spacial score (nSPS) is 43.2. The van der Waals surface area contributed by atoms with Crippen molar-refractivity contribution in [1.29, 1.82) is 0 Å². The van der Waals surface area contributed by atoms with E-state index in [1.807, 2.05) is 0 Å². The van der Waals surface area contributed by atoms with Crippen molar-refractivity contribution in [3.8, 4) is 0 Å². The number of ether oxygens (including phenoxy) is 1. The lowest BCUT2D eigenvalue weighted by molar-refractivity contribution is -0.148. The molecular formula is C9H14FNO2. The van der Waals surface area contributed by atoms with Crippen LogP contribution in [-0.4, -0.2) is 24.9 Å². The number of carbonyl (C=O) groups is 1. The van der Waals surface area contributed by atoms with E-state index in [-0.39, 0.29) is 24.3 Å². The molecule has 0 spiro atoms. The quantitative estimate of drug-likeness (QED) is 0.491. The van der Waals surface area contributed by atoms with Crippen molar-refractivity contribution >= 4 is 5.97 Å². The Morgan fingerprint density at radius 2 is 2.46 bits per heavy atom. The molecule has 0 aromatic heterocycles. The Balaban J connectivity index is 2.06. The van der Waals surface area contributed by atoms with Gasteiger partial charge >= 0.3 is 5.97 Å². The van der Waals surface area contributed by atoms with Crippen molar-refractivity contribution in [3.63, 3.8) is 0 Å². The predicted octanol–water partition coefficient (Wildman–Crippen LogP) is 0.987. The summed E-state index contributed by atoms with van der Waals surface area (Å²) < 4.78 is 18.4. The molecule has 0 aromatic carbocycles. The monoisotopic (exact) mass is 187 g/mol. The van der Waals surface area contributed by atoms with Gasteiger partial charge in [0.05, 0.1) is 13.0 Å². The van der Waals surface area contributed by atoms with Crippen LogP contribution >= 0.6 is 0 Å². The van der Waals surface area contributed by atoms with Gasteiger partial charge in [-0.05, 0) is 19.3 Å². The van der Waals surface area contributed by atoms with E-state index in [9.17, 15) is 9.18 Å². The number of methoxy groups -OCH3 is 1. The average molecular weight is 187 g/mol. The van der Waals surface area contributed by atoms with Gasteiger partial charge in [-0.1, -0.05) is 0 Å². The smallest absolute Gasteiger partial charge is 0.308 e. The first-order valence-electron chi connectivity index (χ1n) is 4.67. The summed E-state index contributed by atoms with van der Waals surface area (Å²) in [6.45, 7) is 0. The first-order valence-corrected chi connectivity index (χ1v) is 4.67. The van der Waals surface area contributed by atoms with Gasteiger partial charge in [-0.2, -0.15) is 0 Å². The Hall–Kier alpha value is -0.640. The SMILES string of the molecule is COC(=O)C1CC2CC[C@@](F)(C1)N2. The maximum Gasteiger partial charge on any atom is 0.308 e.